The fraction of sp³-hybridized carbons (Fsp3) is 0.207. The number of amides is 1. The number of hydrogen-bond donors (Lipinski definition) is 2. The van der Waals surface area contributed by atoms with Gasteiger partial charge in [-0.1, -0.05) is 30.3 Å². The van der Waals surface area contributed by atoms with Crippen molar-refractivity contribution in [2.24, 2.45) is 0 Å². The van der Waals surface area contributed by atoms with E-state index in [-0.39, 0.29) is 18.4 Å². The van der Waals surface area contributed by atoms with Gasteiger partial charge in [-0.15, -0.1) is 0 Å². The van der Waals surface area contributed by atoms with Gasteiger partial charge in [0.05, 0.1) is 39.3 Å². The highest BCUT2D eigenvalue weighted by molar-refractivity contribution is 5.84. The third-order valence-corrected chi connectivity index (χ3v) is 6.30. The molecule has 3 heterocycles. The van der Waals surface area contributed by atoms with E-state index in [0.29, 0.717) is 19.6 Å². The molecule has 0 radical (unpaired) electrons. The van der Waals surface area contributed by atoms with E-state index in [4.69, 9.17) is 13.6 Å². The van der Waals surface area contributed by atoms with Gasteiger partial charge >= 0.3 is 0 Å². The van der Waals surface area contributed by atoms with Gasteiger partial charge in [-0.05, 0) is 53.6 Å². The van der Waals surface area contributed by atoms with E-state index in [0.717, 1.165) is 39.3 Å². The Morgan fingerprint density at radius 1 is 0.944 bits per heavy atom. The summed E-state index contributed by atoms with van der Waals surface area (Å²) in [5, 5.41) is 4.31. The molecule has 0 bridgehead atoms. The Labute approximate surface area is 209 Å². The van der Waals surface area contributed by atoms with E-state index < -0.39 is 0 Å². The lowest BCUT2D eigenvalue weighted by molar-refractivity contribution is -0.122. The van der Waals surface area contributed by atoms with Gasteiger partial charge in [0.2, 0.25) is 5.91 Å². The summed E-state index contributed by atoms with van der Waals surface area (Å²) in [5.41, 5.74) is 3.31. The molecule has 0 saturated heterocycles. The molecule has 36 heavy (non-hydrogen) atoms. The number of methoxy groups -OCH3 is 1. The van der Waals surface area contributed by atoms with Crippen LogP contribution in [0, 0.1) is 0 Å². The number of para-hydroxylation sites is 1. The first-order valence-electron chi connectivity index (χ1n) is 11.9. The molecule has 0 saturated carbocycles. The van der Waals surface area contributed by atoms with Crippen molar-refractivity contribution in [3.05, 3.63) is 114 Å². The van der Waals surface area contributed by atoms with Crippen molar-refractivity contribution < 1.29 is 18.4 Å². The van der Waals surface area contributed by atoms with E-state index in [1.165, 1.54) is 0 Å². The van der Waals surface area contributed by atoms with Crippen molar-refractivity contribution in [2.75, 3.05) is 20.2 Å². The van der Waals surface area contributed by atoms with Gasteiger partial charge in [0.25, 0.3) is 0 Å². The Morgan fingerprint density at radius 2 is 1.64 bits per heavy atom. The zero-order valence-electron chi connectivity index (χ0n) is 20.1. The monoisotopic (exact) mass is 483 g/mol. The van der Waals surface area contributed by atoms with Crippen LogP contribution in [0.1, 0.15) is 28.6 Å². The van der Waals surface area contributed by atoms with Gasteiger partial charge in [-0.2, -0.15) is 0 Å². The second-order valence-corrected chi connectivity index (χ2v) is 8.72. The van der Waals surface area contributed by atoms with Crippen LogP contribution in [0.2, 0.25) is 0 Å². The molecule has 0 aliphatic heterocycles. The number of carbonyl (C=O) groups excluding carboxylic acids is 1. The van der Waals surface area contributed by atoms with E-state index in [2.05, 4.69) is 34.6 Å². The first kappa shape index (κ1) is 23.5. The van der Waals surface area contributed by atoms with Crippen molar-refractivity contribution >= 4 is 16.8 Å². The number of furan rings is 2. The molecular weight excluding hydrogens is 454 g/mol. The number of aromatic amines is 1. The summed E-state index contributed by atoms with van der Waals surface area (Å²) >= 11 is 0. The van der Waals surface area contributed by atoms with Crippen molar-refractivity contribution in [3.8, 4) is 5.75 Å². The van der Waals surface area contributed by atoms with Crippen LogP contribution >= 0.6 is 0 Å². The minimum Gasteiger partial charge on any atom is -0.497 e. The number of nitrogens with zero attached hydrogens (tertiary/aromatic N) is 1. The van der Waals surface area contributed by atoms with E-state index in [1.807, 2.05) is 59.6 Å². The highest BCUT2D eigenvalue weighted by Gasteiger charge is 2.21. The van der Waals surface area contributed by atoms with Gasteiger partial charge < -0.3 is 23.9 Å². The van der Waals surface area contributed by atoms with Gasteiger partial charge in [0, 0.05) is 29.6 Å². The predicted molar refractivity (Wildman–Crippen MR) is 138 cm³/mol. The number of fused-ring (bicyclic) bond motifs is 1. The second-order valence-electron chi connectivity index (χ2n) is 8.72. The minimum atomic E-state index is -0.0635. The van der Waals surface area contributed by atoms with Crippen LogP contribution in [0.5, 0.6) is 5.75 Å². The maximum atomic E-state index is 13.1. The first-order chi connectivity index (χ1) is 17.7. The van der Waals surface area contributed by atoms with Crippen LogP contribution in [0.4, 0.5) is 0 Å². The molecule has 0 aliphatic rings. The SMILES string of the molecule is COc1ccc(C(CNC(=O)CN(Cc2ccco2)Cc2ccco2)c2c[nH]c3ccccc23)cc1. The zero-order valence-corrected chi connectivity index (χ0v) is 20.1. The average Bonchev–Trinajstić information content (AvgIpc) is 3.68. The molecule has 5 rings (SSSR count). The van der Waals surface area contributed by atoms with Crippen LogP contribution in [-0.2, 0) is 17.9 Å². The van der Waals surface area contributed by atoms with Gasteiger partial charge in [-0.3, -0.25) is 9.69 Å². The highest BCUT2D eigenvalue weighted by atomic mass is 16.5. The largest absolute Gasteiger partial charge is 0.497 e. The number of nitrogens with one attached hydrogen (secondary N) is 2. The van der Waals surface area contributed by atoms with Crippen molar-refractivity contribution in [1.82, 2.24) is 15.2 Å². The van der Waals surface area contributed by atoms with Crippen LogP contribution in [0.25, 0.3) is 10.9 Å². The number of ether oxygens (including phenoxy) is 1. The first-order valence-corrected chi connectivity index (χ1v) is 11.9. The maximum absolute atomic E-state index is 13.1. The lowest BCUT2D eigenvalue weighted by Crippen LogP contribution is -2.38. The highest BCUT2D eigenvalue weighted by Crippen LogP contribution is 2.31. The van der Waals surface area contributed by atoms with Crippen LogP contribution < -0.4 is 10.1 Å². The number of H-pyrrole nitrogens is 1. The summed E-state index contributed by atoms with van der Waals surface area (Å²) in [6.45, 7) is 1.68. The Bertz CT molecular complexity index is 1340. The summed E-state index contributed by atoms with van der Waals surface area (Å²) in [6, 6.07) is 23.7. The smallest absolute Gasteiger partial charge is 0.234 e. The molecule has 0 spiro atoms. The lowest BCUT2D eigenvalue weighted by atomic mass is 9.90. The molecule has 7 nitrogen and oxygen atoms in total. The van der Waals surface area contributed by atoms with Crippen LogP contribution in [0.3, 0.4) is 0 Å². The number of hydrogen-bond acceptors (Lipinski definition) is 5. The van der Waals surface area contributed by atoms with E-state index >= 15 is 0 Å². The molecule has 1 atom stereocenters. The van der Waals surface area contributed by atoms with Crippen molar-refractivity contribution in [1.29, 1.82) is 0 Å². The molecule has 3 aromatic heterocycles. The topological polar surface area (TPSA) is 83.6 Å². The molecule has 1 unspecified atom stereocenters. The summed E-state index contributed by atoms with van der Waals surface area (Å²) in [7, 11) is 1.66. The van der Waals surface area contributed by atoms with E-state index in [9.17, 15) is 4.79 Å². The van der Waals surface area contributed by atoms with Gasteiger partial charge in [0.1, 0.15) is 17.3 Å². The molecule has 7 heteroatoms. The standard InChI is InChI=1S/C29H29N3O4/c1-34-22-12-10-21(11-13-22)26(27-17-30-28-9-3-2-8-25(27)28)16-31-29(33)20-32(18-23-6-4-14-35-23)19-24-7-5-15-36-24/h2-15,17,26,30H,16,18-20H2,1H3,(H,31,33). The van der Waals surface area contributed by atoms with Gasteiger partial charge in [0.15, 0.2) is 0 Å². The molecule has 2 N–H and O–H groups in total. The lowest BCUT2D eigenvalue weighted by Gasteiger charge is -2.22. The minimum absolute atomic E-state index is 0.0281. The fourth-order valence-electron chi connectivity index (χ4n) is 4.51. The third-order valence-electron chi connectivity index (χ3n) is 6.30. The summed E-state index contributed by atoms with van der Waals surface area (Å²) in [6.07, 6.45) is 5.31. The number of benzene rings is 2. The molecular formula is C29H29N3O4. The molecule has 184 valence electrons. The normalized spacial score (nSPS) is 12.2. The molecule has 5 aromatic rings. The Hall–Kier alpha value is -4.23. The van der Waals surface area contributed by atoms with Crippen LogP contribution in [-0.4, -0.2) is 36.0 Å². The van der Waals surface area contributed by atoms with Crippen LogP contribution in [0.15, 0.2) is 100 Å². The fourth-order valence-corrected chi connectivity index (χ4v) is 4.51. The predicted octanol–water partition coefficient (Wildman–Crippen LogP) is 5.31. The van der Waals surface area contributed by atoms with Crippen molar-refractivity contribution in [2.45, 2.75) is 19.0 Å². The quantitative estimate of drug-likeness (QED) is 0.266. The molecule has 2 aromatic carbocycles. The Balaban J connectivity index is 1.33. The Kier molecular flexibility index (Phi) is 7.19. The second kappa shape index (κ2) is 11.0. The summed E-state index contributed by atoms with van der Waals surface area (Å²) < 4.78 is 16.4. The number of rotatable bonds is 11. The van der Waals surface area contributed by atoms with Crippen molar-refractivity contribution in [3.63, 3.8) is 0 Å². The summed E-state index contributed by atoms with van der Waals surface area (Å²) in [4.78, 5) is 18.5. The molecule has 1 amide bonds. The number of carbonyl (C=O) groups is 1. The Morgan fingerprint density at radius 3 is 2.28 bits per heavy atom. The summed E-state index contributed by atoms with van der Waals surface area (Å²) in [5.74, 6) is 2.30. The average molecular weight is 484 g/mol. The van der Waals surface area contributed by atoms with Gasteiger partial charge in [-0.25, -0.2) is 0 Å². The molecule has 0 fully saturated rings. The van der Waals surface area contributed by atoms with E-state index in [1.54, 1.807) is 19.6 Å². The third kappa shape index (κ3) is 5.53. The maximum Gasteiger partial charge on any atom is 0.234 e. The zero-order chi connectivity index (χ0) is 24.7. The molecule has 0 aliphatic carbocycles. The number of aromatic nitrogens is 1.